The normalized spacial score (nSPS) is 12.1. The first-order chi connectivity index (χ1) is 15.3. The topological polar surface area (TPSA) is 69.6 Å². The Morgan fingerprint density at radius 1 is 1.03 bits per heavy atom. The van der Waals surface area contributed by atoms with Gasteiger partial charge in [0, 0.05) is 17.6 Å². The van der Waals surface area contributed by atoms with E-state index in [0.717, 1.165) is 18.4 Å². The molecule has 1 heterocycles. The Kier molecular flexibility index (Phi) is 7.18. The van der Waals surface area contributed by atoms with Crippen molar-refractivity contribution in [2.45, 2.75) is 45.7 Å². The average molecular weight is 441 g/mol. The number of rotatable bonds is 8. The number of hydrogen-bond donors (Lipinski definition) is 1. The van der Waals surface area contributed by atoms with Crippen molar-refractivity contribution < 1.29 is 18.7 Å². The van der Waals surface area contributed by atoms with Crippen LogP contribution < -0.4 is 20.3 Å². The lowest BCUT2D eigenvalue weighted by Crippen LogP contribution is -2.31. The molecule has 3 aromatic rings. The number of benzene rings is 2. The number of ether oxygens (including phenoxy) is 2. The van der Waals surface area contributed by atoms with E-state index in [9.17, 15) is 14.0 Å². The number of pyridine rings is 1. The molecular weight excluding hydrogens is 411 g/mol. The number of halogens is 1. The zero-order valence-electron chi connectivity index (χ0n) is 19.1. The van der Waals surface area contributed by atoms with Gasteiger partial charge in [0.1, 0.15) is 5.82 Å². The number of fused-ring (bicyclic) bond motifs is 1. The van der Waals surface area contributed by atoms with Crippen molar-refractivity contribution in [1.29, 1.82) is 0 Å². The van der Waals surface area contributed by atoms with Crippen LogP contribution in [0.15, 0.2) is 47.4 Å². The van der Waals surface area contributed by atoms with Crippen LogP contribution in [0.3, 0.4) is 0 Å². The first-order valence-electron chi connectivity index (χ1n) is 10.7. The Labute approximate surface area is 187 Å². The monoisotopic (exact) mass is 440 g/mol. The van der Waals surface area contributed by atoms with Gasteiger partial charge in [-0.3, -0.25) is 9.59 Å². The summed E-state index contributed by atoms with van der Waals surface area (Å²) in [5, 5.41) is 3.83. The molecule has 32 heavy (non-hydrogen) atoms. The van der Waals surface area contributed by atoms with E-state index in [0.29, 0.717) is 27.8 Å². The second-order valence-electron chi connectivity index (χ2n) is 7.72. The number of aromatic nitrogens is 1. The molecule has 0 spiro atoms. The maximum absolute atomic E-state index is 13.4. The van der Waals surface area contributed by atoms with Crippen LogP contribution in [0.1, 0.15) is 61.6 Å². The van der Waals surface area contributed by atoms with Gasteiger partial charge in [0.2, 0.25) is 0 Å². The highest BCUT2D eigenvalue weighted by molar-refractivity contribution is 6.07. The molecule has 3 rings (SSSR count). The van der Waals surface area contributed by atoms with E-state index in [1.165, 1.54) is 26.4 Å². The maximum atomic E-state index is 13.4. The fourth-order valence-electron chi connectivity index (χ4n) is 3.93. The summed E-state index contributed by atoms with van der Waals surface area (Å²) in [4.78, 5) is 26.7. The zero-order chi connectivity index (χ0) is 23.4. The summed E-state index contributed by atoms with van der Waals surface area (Å²) in [6, 6.07) is 8.87. The molecule has 0 radical (unpaired) electrons. The number of hydrogen-bond acceptors (Lipinski definition) is 4. The third-order valence-electron chi connectivity index (χ3n) is 5.85. The molecule has 0 saturated heterocycles. The van der Waals surface area contributed by atoms with Crippen molar-refractivity contribution in [3.63, 3.8) is 0 Å². The molecule has 0 aliphatic heterocycles. The molecule has 170 valence electrons. The lowest BCUT2D eigenvalue weighted by molar-refractivity contribution is 0.0940. The summed E-state index contributed by atoms with van der Waals surface area (Å²) < 4.78 is 25.7. The number of methoxy groups -OCH3 is 2. The number of carbonyl (C=O) groups is 1. The van der Waals surface area contributed by atoms with Crippen molar-refractivity contribution in [3.05, 3.63) is 69.9 Å². The van der Waals surface area contributed by atoms with Gasteiger partial charge in [-0.05, 0) is 49.6 Å². The molecule has 7 heteroatoms. The number of carbonyl (C=O) groups excluding carboxylic acids is 1. The molecule has 0 aliphatic rings. The second-order valence-corrected chi connectivity index (χ2v) is 7.72. The summed E-state index contributed by atoms with van der Waals surface area (Å²) in [5.74, 6) is 0.182. The Bertz CT molecular complexity index is 1170. The van der Waals surface area contributed by atoms with Crippen molar-refractivity contribution >= 4 is 16.7 Å². The molecule has 6 nitrogen and oxygen atoms in total. The number of amides is 1. The molecule has 1 unspecified atom stereocenters. The number of nitrogens with zero attached hydrogens (tertiary/aromatic N) is 1. The molecule has 0 saturated carbocycles. The highest BCUT2D eigenvalue weighted by atomic mass is 19.1. The van der Waals surface area contributed by atoms with Gasteiger partial charge < -0.3 is 19.4 Å². The second kappa shape index (κ2) is 9.85. The summed E-state index contributed by atoms with van der Waals surface area (Å²) in [6.45, 7) is 5.85. The third-order valence-corrected chi connectivity index (χ3v) is 5.85. The van der Waals surface area contributed by atoms with Crippen LogP contribution in [0.2, 0.25) is 0 Å². The van der Waals surface area contributed by atoms with E-state index in [2.05, 4.69) is 5.32 Å². The quantitative estimate of drug-likeness (QED) is 0.535. The molecule has 0 aliphatic carbocycles. The van der Waals surface area contributed by atoms with E-state index >= 15 is 0 Å². The maximum Gasteiger partial charge on any atom is 0.258 e. The van der Waals surface area contributed by atoms with Gasteiger partial charge in [0.05, 0.1) is 31.2 Å². The first-order valence-corrected chi connectivity index (χ1v) is 10.7. The first kappa shape index (κ1) is 23.3. The van der Waals surface area contributed by atoms with Crippen LogP contribution in [-0.2, 0) is 0 Å². The largest absolute Gasteiger partial charge is 0.493 e. The summed E-state index contributed by atoms with van der Waals surface area (Å²) in [5.41, 5.74) is 0.954. The smallest absolute Gasteiger partial charge is 0.258 e. The van der Waals surface area contributed by atoms with Crippen molar-refractivity contribution in [2.24, 2.45) is 0 Å². The minimum absolute atomic E-state index is 0.0407. The van der Waals surface area contributed by atoms with Crippen LogP contribution >= 0.6 is 0 Å². The Balaban J connectivity index is 2.16. The predicted octanol–water partition coefficient (Wildman–Crippen LogP) is 5.01. The Morgan fingerprint density at radius 2 is 1.59 bits per heavy atom. The zero-order valence-corrected chi connectivity index (χ0v) is 19.1. The standard InChI is InChI=1S/C25H29FN2O4/c1-6-18(7-2)28-14-21(24(29)27-15(3)16-8-10-17(26)11-9-16)19-12-22(31-4)23(32-5)13-20(19)25(28)30/h8-15,18H,6-7H2,1-5H3,(H,27,29). The van der Waals surface area contributed by atoms with Crippen LogP contribution in [0.5, 0.6) is 11.5 Å². The van der Waals surface area contributed by atoms with E-state index < -0.39 is 0 Å². The van der Waals surface area contributed by atoms with Gasteiger partial charge in [-0.2, -0.15) is 0 Å². The van der Waals surface area contributed by atoms with Gasteiger partial charge in [0.15, 0.2) is 11.5 Å². The van der Waals surface area contributed by atoms with Crippen LogP contribution in [0.4, 0.5) is 4.39 Å². The molecule has 2 aromatic carbocycles. The van der Waals surface area contributed by atoms with Crippen LogP contribution in [0, 0.1) is 5.82 Å². The van der Waals surface area contributed by atoms with E-state index in [-0.39, 0.29) is 29.4 Å². The average Bonchev–Trinajstić information content (AvgIpc) is 2.80. The van der Waals surface area contributed by atoms with E-state index in [4.69, 9.17) is 9.47 Å². The highest BCUT2D eigenvalue weighted by Gasteiger charge is 2.21. The van der Waals surface area contributed by atoms with Gasteiger partial charge in [-0.25, -0.2) is 4.39 Å². The fraction of sp³-hybridized carbons (Fsp3) is 0.360. The molecule has 0 fully saturated rings. The SMILES string of the molecule is CCC(CC)n1cc(C(=O)NC(C)c2ccc(F)cc2)c2cc(OC)c(OC)cc2c1=O. The van der Waals surface area contributed by atoms with Crippen molar-refractivity contribution in [2.75, 3.05) is 14.2 Å². The van der Waals surface area contributed by atoms with Gasteiger partial charge >= 0.3 is 0 Å². The summed E-state index contributed by atoms with van der Waals surface area (Å²) >= 11 is 0. The van der Waals surface area contributed by atoms with Gasteiger partial charge in [-0.1, -0.05) is 26.0 Å². The van der Waals surface area contributed by atoms with Crippen LogP contribution in [-0.4, -0.2) is 24.7 Å². The highest BCUT2D eigenvalue weighted by Crippen LogP contribution is 2.33. The van der Waals surface area contributed by atoms with E-state index in [1.54, 1.807) is 35.0 Å². The molecule has 1 N–H and O–H groups in total. The van der Waals surface area contributed by atoms with Crippen LogP contribution in [0.25, 0.3) is 10.8 Å². The molecule has 0 bridgehead atoms. The molecule has 1 atom stereocenters. The summed E-state index contributed by atoms with van der Waals surface area (Å²) in [6.07, 6.45) is 3.13. The van der Waals surface area contributed by atoms with Crippen molar-refractivity contribution in [3.8, 4) is 11.5 Å². The number of nitrogens with one attached hydrogen (secondary N) is 1. The molecular formula is C25H29FN2O4. The van der Waals surface area contributed by atoms with Gasteiger partial charge in [-0.15, -0.1) is 0 Å². The Morgan fingerprint density at radius 3 is 2.12 bits per heavy atom. The lowest BCUT2D eigenvalue weighted by Gasteiger charge is -2.21. The third kappa shape index (κ3) is 4.47. The fourth-order valence-corrected chi connectivity index (χ4v) is 3.93. The molecule has 1 aromatic heterocycles. The predicted molar refractivity (Wildman–Crippen MR) is 123 cm³/mol. The van der Waals surface area contributed by atoms with E-state index in [1.807, 2.05) is 20.8 Å². The minimum atomic E-state index is -0.355. The van der Waals surface area contributed by atoms with Crippen molar-refractivity contribution in [1.82, 2.24) is 9.88 Å². The summed E-state index contributed by atoms with van der Waals surface area (Å²) in [7, 11) is 3.01. The Hall–Kier alpha value is -3.35. The minimum Gasteiger partial charge on any atom is -0.493 e. The van der Waals surface area contributed by atoms with Gasteiger partial charge in [0.25, 0.3) is 11.5 Å². The molecule has 1 amide bonds. The lowest BCUT2D eigenvalue weighted by atomic mass is 10.0.